The van der Waals surface area contributed by atoms with Gasteiger partial charge in [0.05, 0.1) is 6.04 Å². The fourth-order valence-electron chi connectivity index (χ4n) is 2.66. The van der Waals surface area contributed by atoms with Gasteiger partial charge in [0, 0.05) is 19.4 Å². The maximum Gasteiger partial charge on any atom is 0.359 e. The highest BCUT2D eigenvalue weighted by atomic mass is 16.5. The predicted octanol–water partition coefficient (Wildman–Crippen LogP) is 3.02. The molecule has 2 heterocycles. The Balaban J connectivity index is 1.61. The van der Waals surface area contributed by atoms with Crippen LogP contribution in [0.25, 0.3) is 5.65 Å². The minimum Gasteiger partial charge on any atom is -0.451 e. The van der Waals surface area contributed by atoms with Gasteiger partial charge >= 0.3 is 5.97 Å². The van der Waals surface area contributed by atoms with E-state index >= 15 is 0 Å². The summed E-state index contributed by atoms with van der Waals surface area (Å²) >= 11 is 0. The second-order valence-corrected chi connectivity index (χ2v) is 6.26. The first-order chi connectivity index (χ1) is 12.5. The highest BCUT2D eigenvalue weighted by molar-refractivity contribution is 5.90. The molecule has 6 nitrogen and oxygen atoms in total. The van der Waals surface area contributed by atoms with Gasteiger partial charge < -0.3 is 14.0 Å². The molecule has 0 aliphatic rings. The van der Waals surface area contributed by atoms with Crippen LogP contribution in [-0.2, 0) is 9.53 Å². The molecule has 0 bridgehead atoms. The lowest BCUT2D eigenvalue weighted by Crippen LogP contribution is -2.33. The number of ether oxygens (including phenoxy) is 1. The number of likely N-dealkylation sites (N-methyl/N-ethyl adjacent to an activating group) is 1. The van der Waals surface area contributed by atoms with Gasteiger partial charge in [-0.2, -0.15) is 0 Å². The first-order valence-electron chi connectivity index (χ1n) is 8.39. The van der Waals surface area contributed by atoms with Crippen LogP contribution in [0.3, 0.4) is 0 Å². The van der Waals surface area contributed by atoms with Crippen molar-refractivity contribution in [1.29, 1.82) is 0 Å². The molecule has 2 aromatic heterocycles. The van der Waals surface area contributed by atoms with Gasteiger partial charge in [-0.25, -0.2) is 9.78 Å². The third kappa shape index (κ3) is 3.74. The van der Waals surface area contributed by atoms with Crippen LogP contribution in [0.5, 0.6) is 0 Å². The molecule has 0 radical (unpaired) electrons. The van der Waals surface area contributed by atoms with E-state index in [4.69, 9.17) is 4.74 Å². The highest BCUT2D eigenvalue weighted by Gasteiger charge is 2.20. The number of pyridine rings is 1. The molecule has 26 heavy (non-hydrogen) atoms. The Morgan fingerprint density at radius 1 is 1.23 bits per heavy atom. The number of rotatable bonds is 5. The van der Waals surface area contributed by atoms with E-state index in [-0.39, 0.29) is 24.2 Å². The van der Waals surface area contributed by atoms with Crippen molar-refractivity contribution in [3.05, 3.63) is 71.7 Å². The lowest BCUT2D eigenvalue weighted by atomic mass is 10.1. The summed E-state index contributed by atoms with van der Waals surface area (Å²) in [6.45, 7) is 3.56. The number of carbonyl (C=O) groups is 2. The average molecular weight is 351 g/mol. The van der Waals surface area contributed by atoms with Gasteiger partial charge in [-0.1, -0.05) is 30.3 Å². The van der Waals surface area contributed by atoms with Gasteiger partial charge in [0.25, 0.3) is 5.91 Å². The van der Waals surface area contributed by atoms with Gasteiger partial charge in [-0.15, -0.1) is 0 Å². The molecule has 1 unspecified atom stereocenters. The summed E-state index contributed by atoms with van der Waals surface area (Å²) in [5.74, 6) is -0.880. The van der Waals surface area contributed by atoms with Crippen LogP contribution in [0.4, 0.5) is 0 Å². The van der Waals surface area contributed by atoms with E-state index in [1.807, 2.05) is 62.5 Å². The van der Waals surface area contributed by atoms with Gasteiger partial charge in [0.1, 0.15) is 5.65 Å². The fraction of sp³-hybridized carbons (Fsp3) is 0.250. The number of nitrogens with zero attached hydrogens (tertiary/aromatic N) is 3. The number of aromatic nitrogens is 2. The molecule has 0 aliphatic carbocycles. The van der Waals surface area contributed by atoms with E-state index in [2.05, 4.69) is 4.98 Å². The normalized spacial score (nSPS) is 12.0. The minimum absolute atomic E-state index is 0.111. The molecule has 1 atom stereocenters. The van der Waals surface area contributed by atoms with Crippen LogP contribution in [0.2, 0.25) is 0 Å². The summed E-state index contributed by atoms with van der Waals surface area (Å²) in [5, 5.41) is 0. The zero-order chi connectivity index (χ0) is 18.7. The smallest absolute Gasteiger partial charge is 0.359 e. The zero-order valence-corrected chi connectivity index (χ0v) is 15.0. The van der Waals surface area contributed by atoms with Gasteiger partial charge in [-0.3, -0.25) is 4.79 Å². The van der Waals surface area contributed by atoms with Crippen molar-refractivity contribution >= 4 is 17.5 Å². The van der Waals surface area contributed by atoms with Crippen molar-refractivity contribution in [3.8, 4) is 0 Å². The third-order valence-electron chi connectivity index (χ3n) is 4.41. The first kappa shape index (κ1) is 17.7. The van der Waals surface area contributed by atoms with Crippen LogP contribution in [0.1, 0.15) is 34.6 Å². The minimum atomic E-state index is -0.611. The molecule has 134 valence electrons. The fourth-order valence-corrected chi connectivity index (χ4v) is 2.66. The second-order valence-electron chi connectivity index (χ2n) is 6.26. The number of aryl methyl sites for hydroxylation is 1. The Morgan fingerprint density at radius 3 is 2.69 bits per heavy atom. The van der Waals surface area contributed by atoms with Crippen LogP contribution >= 0.6 is 0 Å². The maximum absolute atomic E-state index is 12.3. The standard InChI is InChI=1S/C20H21N3O3/c1-14-9-10-23-12-17(21-18(23)11-14)20(25)26-13-19(24)22(3)15(2)16-7-5-4-6-8-16/h4-12,15H,13H2,1-3H3. The van der Waals surface area contributed by atoms with E-state index in [0.717, 1.165) is 11.1 Å². The van der Waals surface area contributed by atoms with E-state index in [1.165, 1.54) is 0 Å². The number of amides is 1. The number of esters is 1. The lowest BCUT2D eigenvalue weighted by Gasteiger charge is -2.25. The van der Waals surface area contributed by atoms with Gasteiger partial charge in [0.15, 0.2) is 12.3 Å². The number of hydrogen-bond acceptors (Lipinski definition) is 4. The first-order valence-corrected chi connectivity index (χ1v) is 8.39. The summed E-state index contributed by atoms with van der Waals surface area (Å²) in [5.41, 5.74) is 2.92. The Kier molecular flexibility index (Phi) is 5.02. The molecule has 6 heteroatoms. The maximum atomic E-state index is 12.3. The average Bonchev–Trinajstić information content (AvgIpc) is 3.08. The highest BCUT2D eigenvalue weighted by Crippen LogP contribution is 2.18. The van der Waals surface area contributed by atoms with Crippen molar-refractivity contribution < 1.29 is 14.3 Å². The van der Waals surface area contributed by atoms with E-state index in [9.17, 15) is 9.59 Å². The summed E-state index contributed by atoms with van der Waals surface area (Å²) in [7, 11) is 1.70. The quantitative estimate of drug-likeness (QED) is 0.663. The van der Waals surface area contributed by atoms with Crippen LogP contribution < -0.4 is 0 Å². The monoisotopic (exact) mass is 351 g/mol. The molecule has 0 saturated carbocycles. The van der Waals surface area contributed by atoms with Crippen molar-refractivity contribution in [2.45, 2.75) is 19.9 Å². The van der Waals surface area contributed by atoms with Crippen LogP contribution in [-0.4, -0.2) is 39.8 Å². The number of carbonyl (C=O) groups excluding carboxylic acids is 2. The lowest BCUT2D eigenvalue weighted by molar-refractivity contribution is -0.135. The van der Waals surface area contributed by atoms with Gasteiger partial charge in [0.2, 0.25) is 0 Å². The number of hydrogen-bond donors (Lipinski definition) is 0. The van der Waals surface area contributed by atoms with E-state index < -0.39 is 5.97 Å². The molecule has 3 rings (SSSR count). The number of imidazole rings is 1. The van der Waals surface area contributed by atoms with Crippen molar-refractivity contribution in [1.82, 2.24) is 14.3 Å². The SMILES string of the molecule is Cc1ccn2cc(C(=O)OCC(=O)N(C)C(C)c3ccccc3)nc2c1. The molecule has 1 amide bonds. The Hall–Kier alpha value is -3.15. The molecule has 0 N–H and O–H groups in total. The molecule has 0 aliphatic heterocycles. The molecule has 0 spiro atoms. The summed E-state index contributed by atoms with van der Waals surface area (Å²) in [6.07, 6.45) is 3.42. The molecular weight excluding hydrogens is 330 g/mol. The van der Waals surface area contributed by atoms with Gasteiger partial charge in [-0.05, 0) is 37.1 Å². The topological polar surface area (TPSA) is 63.9 Å². The number of benzene rings is 1. The summed E-state index contributed by atoms with van der Waals surface area (Å²) in [6, 6.07) is 13.4. The van der Waals surface area contributed by atoms with Crippen LogP contribution in [0.15, 0.2) is 54.9 Å². The van der Waals surface area contributed by atoms with Crippen LogP contribution in [0, 0.1) is 6.92 Å². The molecule has 3 aromatic rings. The molecule has 0 fully saturated rings. The second kappa shape index (κ2) is 7.39. The molecule has 1 aromatic carbocycles. The third-order valence-corrected chi connectivity index (χ3v) is 4.41. The number of fused-ring (bicyclic) bond motifs is 1. The van der Waals surface area contributed by atoms with E-state index in [1.54, 1.807) is 22.5 Å². The summed E-state index contributed by atoms with van der Waals surface area (Å²) in [4.78, 5) is 30.3. The van der Waals surface area contributed by atoms with Crippen molar-refractivity contribution in [3.63, 3.8) is 0 Å². The Morgan fingerprint density at radius 2 is 1.96 bits per heavy atom. The Bertz CT molecular complexity index is 934. The summed E-state index contributed by atoms with van der Waals surface area (Å²) < 4.78 is 6.90. The zero-order valence-electron chi connectivity index (χ0n) is 15.0. The molecule has 0 saturated heterocycles. The Labute approximate surface area is 152 Å². The largest absolute Gasteiger partial charge is 0.451 e. The predicted molar refractivity (Wildman–Crippen MR) is 97.8 cm³/mol. The van der Waals surface area contributed by atoms with Crippen molar-refractivity contribution in [2.24, 2.45) is 0 Å². The van der Waals surface area contributed by atoms with E-state index in [0.29, 0.717) is 5.65 Å². The van der Waals surface area contributed by atoms with Crippen molar-refractivity contribution in [2.75, 3.05) is 13.7 Å². The molecular formula is C20H21N3O3.